The Morgan fingerprint density at radius 2 is 1.88 bits per heavy atom. The molecular weight excluding hydrogens is 198 g/mol. The van der Waals surface area contributed by atoms with Gasteiger partial charge in [0.05, 0.1) is 0 Å². The minimum absolute atomic E-state index is 0.541. The van der Waals surface area contributed by atoms with Crippen LogP contribution in [0.1, 0.15) is 38.7 Å². The van der Waals surface area contributed by atoms with Gasteiger partial charge >= 0.3 is 0 Å². The molecule has 3 heteroatoms. The van der Waals surface area contributed by atoms with Crippen LogP contribution in [0.2, 0.25) is 0 Å². The number of rotatable bonds is 2. The Labute approximate surface area is 97.7 Å². The van der Waals surface area contributed by atoms with Crippen molar-refractivity contribution in [1.82, 2.24) is 9.97 Å². The Bertz CT molecular complexity index is 334. The summed E-state index contributed by atoms with van der Waals surface area (Å²) in [7, 11) is 0. The molecule has 0 spiro atoms. The van der Waals surface area contributed by atoms with Crippen LogP contribution in [0.3, 0.4) is 0 Å². The van der Waals surface area contributed by atoms with Gasteiger partial charge in [-0.25, -0.2) is 9.97 Å². The van der Waals surface area contributed by atoms with Gasteiger partial charge in [0.15, 0.2) is 0 Å². The van der Waals surface area contributed by atoms with Gasteiger partial charge in [0.25, 0.3) is 0 Å². The molecule has 1 aromatic rings. The second-order valence-electron chi connectivity index (χ2n) is 5.23. The molecule has 0 saturated heterocycles. The van der Waals surface area contributed by atoms with Crippen LogP contribution in [0.4, 0.5) is 5.95 Å². The molecule has 0 amide bonds. The first-order valence-corrected chi connectivity index (χ1v) is 6.20. The van der Waals surface area contributed by atoms with Crippen molar-refractivity contribution in [2.75, 3.05) is 5.32 Å². The SMILES string of the molecule is Cc1cnc(NC2CCC(C)CC2C)nc1. The maximum atomic E-state index is 4.30. The van der Waals surface area contributed by atoms with Crippen LogP contribution in [-0.2, 0) is 0 Å². The topological polar surface area (TPSA) is 37.8 Å². The summed E-state index contributed by atoms with van der Waals surface area (Å²) in [5.41, 5.74) is 1.11. The van der Waals surface area contributed by atoms with Crippen molar-refractivity contribution in [3.05, 3.63) is 18.0 Å². The molecule has 88 valence electrons. The quantitative estimate of drug-likeness (QED) is 0.830. The van der Waals surface area contributed by atoms with Crippen LogP contribution in [0.5, 0.6) is 0 Å². The Kier molecular flexibility index (Phi) is 3.42. The minimum Gasteiger partial charge on any atom is -0.351 e. The summed E-state index contributed by atoms with van der Waals surface area (Å²) >= 11 is 0. The normalized spacial score (nSPS) is 30.1. The van der Waals surface area contributed by atoms with E-state index in [9.17, 15) is 0 Å². The first kappa shape index (κ1) is 11.4. The van der Waals surface area contributed by atoms with Crippen LogP contribution in [0.15, 0.2) is 12.4 Å². The fourth-order valence-electron chi connectivity index (χ4n) is 2.51. The number of hydrogen-bond donors (Lipinski definition) is 1. The first-order chi connectivity index (χ1) is 7.65. The molecule has 1 saturated carbocycles. The fraction of sp³-hybridized carbons (Fsp3) is 0.692. The Morgan fingerprint density at radius 1 is 1.19 bits per heavy atom. The molecule has 1 N–H and O–H groups in total. The third kappa shape index (κ3) is 2.71. The van der Waals surface area contributed by atoms with E-state index in [0.717, 1.165) is 17.4 Å². The predicted molar refractivity (Wildman–Crippen MR) is 66.4 cm³/mol. The van der Waals surface area contributed by atoms with E-state index < -0.39 is 0 Å². The first-order valence-electron chi connectivity index (χ1n) is 6.20. The highest BCUT2D eigenvalue weighted by atomic mass is 15.1. The zero-order valence-electron chi connectivity index (χ0n) is 10.4. The van der Waals surface area contributed by atoms with Crippen molar-refractivity contribution in [2.45, 2.75) is 46.1 Å². The summed E-state index contributed by atoms with van der Waals surface area (Å²) < 4.78 is 0. The molecule has 2 rings (SSSR count). The summed E-state index contributed by atoms with van der Waals surface area (Å²) in [6, 6.07) is 0.541. The van der Waals surface area contributed by atoms with Crippen molar-refractivity contribution < 1.29 is 0 Å². The van der Waals surface area contributed by atoms with E-state index in [-0.39, 0.29) is 0 Å². The second kappa shape index (κ2) is 4.81. The molecule has 3 unspecified atom stereocenters. The Balaban J connectivity index is 1.96. The molecule has 0 aliphatic heterocycles. The van der Waals surface area contributed by atoms with Crippen LogP contribution in [0, 0.1) is 18.8 Å². The average molecular weight is 219 g/mol. The van der Waals surface area contributed by atoms with Gasteiger partial charge in [-0.1, -0.05) is 13.8 Å². The smallest absolute Gasteiger partial charge is 0.222 e. The minimum atomic E-state index is 0.541. The fourth-order valence-corrected chi connectivity index (χ4v) is 2.51. The molecule has 3 nitrogen and oxygen atoms in total. The molecular formula is C13H21N3. The zero-order chi connectivity index (χ0) is 11.5. The van der Waals surface area contributed by atoms with E-state index in [1.54, 1.807) is 0 Å². The predicted octanol–water partition coefficient (Wildman–Crippen LogP) is 3.02. The lowest BCUT2D eigenvalue weighted by atomic mass is 9.80. The average Bonchev–Trinajstić information content (AvgIpc) is 2.25. The maximum absolute atomic E-state index is 4.30. The van der Waals surface area contributed by atoms with E-state index in [1.807, 2.05) is 19.3 Å². The second-order valence-corrected chi connectivity index (χ2v) is 5.23. The van der Waals surface area contributed by atoms with Crippen molar-refractivity contribution in [3.63, 3.8) is 0 Å². The lowest BCUT2D eigenvalue weighted by molar-refractivity contribution is 0.276. The van der Waals surface area contributed by atoms with Gasteiger partial charge < -0.3 is 5.32 Å². The van der Waals surface area contributed by atoms with Crippen molar-refractivity contribution in [3.8, 4) is 0 Å². The van der Waals surface area contributed by atoms with Gasteiger partial charge in [-0.05, 0) is 43.6 Å². The number of aryl methyl sites for hydroxylation is 1. The molecule has 1 aromatic heterocycles. The third-order valence-corrected chi connectivity index (χ3v) is 3.53. The van der Waals surface area contributed by atoms with E-state index in [0.29, 0.717) is 12.0 Å². The van der Waals surface area contributed by atoms with E-state index in [4.69, 9.17) is 0 Å². The largest absolute Gasteiger partial charge is 0.351 e. The number of nitrogens with one attached hydrogen (secondary N) is 1. The van der Waals surface area contributed by atoms with E-state index >= 15 is 0 Å². The molecule has 0 aromatic carbocycles. The highest BCUT2D eigenvalue weighted by Crippen LogP contribution is 2.29. The van der Waals surface area contributed by atoms with Gasteiger partial charge in [-0.3, -0.25) is 0 Å². The van der Waals surface area contributed by atoms with Crippen molar-refractivity contribution >= 4 is 5.95 Å². The number of aromatic nitrogens is 2. The van der Waals surface area contributed by atoms with E-state index in [2.05, 4.69) is 29.1 Å². The Hall–Kier alpha value is -1.12. The van der Waals surface area contributed by atoms with Gasteiger partial charge in [0, 0.05) is 18.4 Å². The summed E-state index contributed by atoms with van der Waals surface area (Å²) in [4.78, 5) is 8.61. The number of hydrogen-bond acceptors (Lipinski definition) is 3. The molecule has 3 atom stereocenters. The number of anilines is 1. The molecule has 1 aliphatic carbocycles. The van der Waals surface area contributed by atoms with Crippen LogP contribution >= 0.6 is 0 Å². The molecule has 1 fully saturated rings. The highest BCUT2D eigenvalue weighted by molar-refractivity contribution is 5.26. The summed E-state index contributed by atoms with van der Waals surface area (Å²) in [6.45, 7) is 6.67. The zero-order valence-corrected chi connectivity index (χ0v) is 10.4. The van der Waals surface area contributed by atoms with Crippen molar-refractivity contribution in [1.29, 1.82) is 0 Å². The van der Waals surface area contributed by atoms with Crippen molar-refractivity contribution in [2.24, 2.45) is 11.8 Å². The molecule has 0 bridgehead atoms. The van der Waals surface area contributed by atoms with Crippen LogP contribution < -0.4 is 5.32 Å². The van der Waals surface area contributed by atoms with Crippen LogP contribution in [0.25, 0.3) is 0 Å². The molecule has 0 radical (unpaired) electrons. The molecule has 1 aliphatic rings. The third-order valence-electron chi connectivity index (χ3n) is 3.53. The van der Waals surface area contributed by atoms with Gasteiger partial charge in [0.2, 0.25) is 5.95 Å². The standard InChI is InChI=1S/C13H21N3/c1-9-4-5-12(11(3)6-9)16-13-14-7-10(2)8-15-13/h7-9,11-12H,4-6H2,1-3H3,(H,14,15,16). The van der Waals surface area contributed by atoms with E-state index in [1.165, 1.54) is 19.3 Å². The maximum Gasteiger partial charge on any atom is 0.222 e. The summed E-state index contributed by atoms with van der Waals surface area (Å²) in [5, 5.41) is 3.46. The summed E-state index contributed by atoms with van der Waals surface area (Å²) in [5.74, 6) is 2.36. The monoisotopic (exact) mass is 219 g/mol. The van der Waals surface area contributed by atoms with Crippen LogP contribution in [-0.4, -0.2) is 16.0 Å². The lowest BCUT2D eigenvalue weighted by Gasteiger charge is -2.33. The lowest BCUT2D eigenvalue weighted by Crippen LogP contribution is -2.33. The molecule has 16 heavy (non-hydrogen) atoms. The molecule has 1 heterocycles. The van der Waals surface area contributed by atoms with Gasteiger partial charge in [-0.15, -0.1) is 0 Å². The summed E-state index contributed by atoms with van der Waals surface area (Å²) in [6.07, 6.45) is 7.59. The van der Waals surface area contributed by atoms with Gasteiger partial charge in [0.1, 0.15) is 0 Å². The highest BCUT2D eigenvalue weighted by Gasteiger charge is 2.25. The number of nitrogens with zero attached hydrogens (tertiary/aromatic N) is 2. The van der Waals surface area contributed by atoms with Gasteiger partial charge in [-0.2, -0.15) is 0 Å². The Morgan fingerprint density at radius 3 is 2.50 bits per heavy atom.